The van der Waals surface area contributed by atoms with Gasteiger partial charge in [0, 0.05) is 0 Å². The standard InChI is InChI=1S/C19H15Cl2F2N3O/c1-10(12-3-8-16(23)15(20)9-12)24-19(27)17-11(2)25-26(18(17)21)14-6-4-13(22)5-7-14/h3-10H,1-2H3,(H,24,27)/t10-/m0/s1. The predicted octanol–water partition coefficient (Wildman–Crippen LogP) is 5.26. The maximum atomic E-state index is 13.3. The van der Waals surface area contributed by atoms with Gasteiger partial charge in [-0.2, -0.15) is 5.10 Å². The number of aryl methyl sites for hydroxylation is 1. The van der Waals surface area contributed by atoms with Crippen molar-refractivity contribution in [3.8, 4) is 5.69 Å². The maximum Gasteiger partial charge on any atom is 0.256 e. The van der Waals surface area contributed by atoms with Crippen LogP contribution in [0, 0.1) is 18.6 Å². The van der Waals surface area contributed by atoms with Crippen LogP contribution in [-0.2, 0) is 0 Å². The first kappa shape index (κ1) is 19.3. The summed E-state index contributed by atoms with van der Waals surface area (Å²) in [6.45, 7) is 3.40. The molecule has 0 aliphatic rings. The molecule has 1 N–H and O–H groups in total. The fraction of sp³-hybridized carbons (Fsp3) is 0.158. The van der Waals surface area contributed by atoms with Crippen LogP contribution in [0.4, 0.5) is 8.78 Å². The monoisotopic (exact) mass is 409 g/mol. The Labute approximate surface area is 164 Å². The number of rotatable bonds is 4. The molecule has 0 bridgehead atoms. The fourth-order valence-electron chi connectivity index (χ4n) is 2.64. The third-order valence-corrected chi connectivity index (χ3v) is 4.73. The maximum absolute atomic E-state index is 13.3. The normalized spacial score (nSPS) is 12.1. The van der Waals surface area contributed by atoms with Gasteiger partial charge < -0.3 is 5.32 Å². The van der Waals surface area contributed by atoms with Crippen molar-refractivity contribution in [3.63, 3.8) is 0 Å². The minimum absolute atomic E-state index is 0.0214. The van der Waals surface area contributed by atoms with Gasteiger partial charge in [-0.15, -0.1) is 0 Å². The molecule has 0 spiro atoms. The number of hydrogen-bond donors (Lipinski definition) is 1. The average molecular weight is 410 g/mol. The van der Waals surface area contributed by atoms with Crippen LogP contribution in [0.25, 0.3) is 5.69 Å². The van der Waals surface area contributed by atoms with Crippen LogP contribution < -0.4 is 5.32 Å². The van der Waals surface area contributed by atoms with E-state index in [4.69, 9.17) is 23.2 Å². The van der Waals surface area contributed by atoms with Gasteiger partial charge in [0.15, 0.2) is 0 Å². The van der Waals surface area contributed by atoms with E-state index in [1.54, 1.807) is 19.9 Å². The number of carbonyl (C=O) groups is 1. The SMILES string of the molecule is Cc1nn(-c2ccc(F)cc2)c(Cl)c1C(=O)N[C@@H](C)c1ccc(F)c(Cl)c1. The minimum Gasteiger partial charge on any atom is -0.345 e. The highest BCUT2D eigenvalue weighted by molar-refractivity contribution is 6.33. The number of carbonyl (C=O) groups excluding carboxylic acids is 1. The van der Waals surface area contributed by atoms with Crippen molar-refractivity contribution >= 4 is 29.1 Å². The highest BCUT2D eigenvalue weighted by atomic mass is 35.5. The molecule has 0 aliphatic carbocycles. The predicted molar refractivity (Wildman–Crippen MR) is 101 cm³/mol. The summed E-state index contributed by atoms with van der Waals surface area (Å²) in [5.74, 6) is -1.35. The fourth-order valence-corrected chi connectivity index (χ4v) is 3.19. The van der Waals surface area contributed by atoms with Crippen molar-refractivity contribution in [1.82, 2.24) is 15.1 Å². The molecule has 0 fully saturated rings. The lowest BCUT2D eigenvalue weighted by Gasteiger charge is -2.15. The molecule has 0 unspecified atom stereocenters. The Hall–Kier alpha value is -2.44. The van der Waals surface area contributed by atoms with Crippen LogP contribution in [0.5, 0.6) is 0 Å². The van der Waals surface area contributed by atoms with Crippen molar-refractivity contribution in [2.24, 2.45) is 0 Å². The Morgan fingerprint density at radius 3 is 2.44 bits per heavy atom. The van der Waals surface area contributed by atoms with Gasteiger partial charge in [0.25, 0.3) is 5.91 Å². The molecule has 1 aromatic heterocycles. The van der Waals surface area contributed by atoms with E-state index < -0.39 is 17.8 Å². The Morgan fingerprint density at radius 1 is 1.15 bits per heavy atom. The van der Waals surface area contributed by atoms with Gasteiger partial charge in [0.1, 0.15) is 16.8 Å². The summed E-state index contributed by atoms with van der Waals surface area (Å²) in [5.41, 5.74) is 1.81. The van der Waals surface area contributed by atoms with E-state index in [1.165, 1.54) is 41.1 Å². The molecule has 0 saturated carbocycles. The summed E-state index contributed by atoms with van der Waals surface area (Å²) in [5, 5.41) is 7.16. The van der Waals surface area contributed by atoms with Crippen molar-refractivity contribution in [2.75, 3.05) is 0 Å². The largest absolute Gasteiger partial charge is 0.345 e. The molecule has 0 radical (unpaired) electrons. The van der Waals surface area contributed by atoms with Crippen molar-refractivity contribution in [2.45, 2.75) is 19.9 Å². The van der Waals surface area contributed by atoms with E-state index in [0.29, 0.717) is 16.9 Å². The summed E-state index contributed by atoms with van der Waals surface area (Å²) >= 11 is 12.1. The molecule has 1 atom stereocenters. The molecule has 27 heavy (non-hydrogen) atoms. The van der Waals surface area contributed by atoms with E-state index in [-0.39, 0.29) is 21.6 Å². The first-order chi connectivity index (χ1) is 12.8. The second-order valence-electron chi connectivity index (χ2n) is 6.01. The third kappa shape index (κ3) is 3.96. The minimum atomic E-state index is -0.529. The van der Waals surface area contributed by atoms with Crippen molar-refractivity contribution in [3.05, 3.63) is 81.1 Å². The van der Waals surface area contributed by atoms with E-state index in [2.05, 4.69) is 10.4 Å². The second kappa shape index (κ2) is 7.66. The zero-order chi connectivity index (χ0) is 19.7. The molecule has 0 aliphatic heterocycles. The summed E-state index contributed by atoms with van der Waals surface area (Å²) in [7, 11) is 0. The molecule has 1 heterocycles. The summed E-state index contributed by atoms with van der Waals surface area (Å²) in [6, 6.07) is 9.40. The smallest absolute Gasteiger partial charge is 0.256 e. The van der Waals surface area contributed by atoms with Crippen LogP contribution in [0.2, 0.25) is 10.2 Å². The van der Waals surface area contributed by atoms with Gasteiger partial charge in [-0.05, 0) is 55.8 Å². The Kier molecular flexibility index (Phi) is 5.48. The number of nitrogens with one attached hydrogen (secondary N) is 1. The summed E-state index contributed by atoms with van der Waals surface area (Å²) in [4.78, 5) is 12.7. The number of benzene rings is 2. The number of nitrogens with zero attached hydrogens (tertiary/aromatic N) is 2. The lowest BCUT2D eigenvalue weighted by molar-refractivity contribution is 0.0939. The van der Waals surface area contributed by atoms with Crippen LogP contribution in [0.3, 0.4) is 0 Å². The van der Waals surface area contributed by atoms with Gasteiger partial charge in [0.05, 0.1) is 28.0 Å². The third-order valence-electron chi connectivity index (χ3n) is 4.09. The number of aromatic nitrogens is 2. The molecule has 3 aromatic rings. The molecule has 0 saturated heterocycles. The molecule has 3 rings (SSSR count). The van der Waals surface area contributed by atoms with Crippen LogP contribution in [0.15, 0.2) is 42.5 Å². The first-order valence-electron chi connectivity index (χ1n) is 8.04. The Balaban J connectivity index is 1.86. The molecular formula is C19H15Cl2F2N3O. The zero-order valence-electron chi connectivity index (χ0n) is 14.4. The molecule has 1 amide bonds. The average Bonchev–Trinajstić information content (AvgIpc) is 2.92. The van der Waals surface area contributed by atoms with Crippen LogP contribution >= 0.6 is 23.2 Å². The van der Waals surface area contributed by atoms with E-state index >= 15 is 0 Å². The van der Waals surface area contributed by atoms with E-state index in [0.717, 1.165) is 0 Å². The number of halogens is 4. The van der Waals surface area contributed by atoms with Crippen molar-refractivity contribution < 1.29 is 13.6 Å². The quantitative estimate of drug-likeness (QED) is 0.638. The molecule has 4 nitrogen and oxygen atoms in total. The van der Waals surface area contributed by atoms with E-state index in [1.807, 2.05) is 0 Å². The molecular weight excluding hydrogens is 395 g/mol. The summed E-state index contributed by atoms with van der Waals surface area (Å²) in [6.07, 6.45) is 0. The van der Waals surface area contributed by atoms with Crippen LogP contribution in [0.1, 0.15) is 34.6 Å². The van der Waals surface area contributed by atoms with Crippen molar-refractivity contribution in [1.29, 1.82) is 0 Å². The zero-order valence-corrected chi connectivity index (χ0v) is 15.9. The van der Waals surface area contributed by atoms with Crippen LogP contribution in [-0.4, -0.2) is 15.7 Å². The van der Waals surface area contributed by atoms with Gasteiger partial charge in [-0.1, -0.05) is 29.3 Å². The lowest BCUT2D eigenvalue weighted by atomic mass is 10.1. The Morgan fingerprint density at radius 2 is 1.81 bits per heavy atom. The number of amides is 1. The summed E-state index contributed by atoms with van der Waals surface area (Å²) < 4.78 is 27.8. The highest BCUT2D eigenvalue weighted by Crippen LogP contribution is 2.25. The molecule has 8 heteroatoms. The first-order valence-corrected chi connectivity index (χ1v) is 8.80. The number of hydrogen-bond acceptors (Lipinski definition) is 2. The lowest BCUT2D eigenvalue weighted by Crippen LogP contribution is -2.27. The van der Waals surface area contributed by atoms with Gasteiger partial charge in [-0.3, -0.25) is 4.79 Å². The molecule has 2 aromatic carbocycles. The topological polar surface area (TPSA) is 46.9 Å². The van der Waals surface area contributed by atoms with E-state index in [9.17, 15) is 13.6 Å². The molecule has 140 valence electrons. The van der Waals surface area contributed by atoms with Gasteiger partial charge in [-0.25, -0.2) is 13.5 Å². The second-order valence-corrected chi connectivity index (χ2v) is 6.77. The van der Waals surface area contributed by atoms with Gasteiger partial charge >= 0.3 is 0 Å². The Bertz CT molecular complexity index is 1000. The van der Waals surface area contributed by atoms with Gasteiger partial charge in [0.2, 0.25) is 0 Å². The highest BCUT2D eigenvalue weighted by Gasteiger charge is 2.23.